The van der Waals surface area contributed by atoms with Crippen LogP contribution in [0, 0.1) is 0 Å². The molecule has 0 unspecified atom stereocenters. The lowest BCUT2D eigenvalue weighted by atomic mass is 10.1. The minimum Gasteiger partial charge on any atom is -0.454 e. The van der Waals surface area contributed by atoms with Crippen LogP contribution in [-0.4, -0.2) is 20.5 Å². The Morgan fingerprint density at radius 2 is 1.82 bits per heavy atom. The molecule has 0 fully saturated rings. The number of carbonyl (C=O) groups excluding carboxylic acids is 1. The van der Waals surface area contributed by atoms with Gasteiger partial charge in [-0.05, 0) is 29.8 Å². The normalized spacial score (nSPS) is 11.1. The molecule has 0 atom stereocenters. The van der Waals surface area contributed by atoms with Crippen molar-refractivity contribution in [3.05, 3.63) is 84.6 Å². The number of hydrogen-bond acceptors (Lipinski definition) is 4. The number of fused-ring (bicyclic) bond motifs is 2. The zero-order valence-corrected chi connectivity index (χ0v) is 14.9. The van der Waals surface area contributed by atoms with Gasteiger partial charge in [0.2, 0.25) is 5.91 Å². The van der Waals surface area contributed by atoms with Gasteiger partial charge in [-0.25, -0.2) is 9.50 Å². The molecule has 0 radical (unpaired) electrons. The van der Waals surface area contributed by atoms with Gasteiger partial charge in [0.05, 0.1) is 12.6 Å². The first-order valence-electron chi connectivity index (χ1n) is 8.94. The van der Waals surface area contributed by atoms with Crippen LogP contribution in [0.1, 0.15) is 5.56 Å². The average molecular weight is 368 g/mol. The molecule has 6 heteroatoms. The molecule has 28 heavy (non-hydrogen) atoms. The predicted octanol–water partition coefficient (Wildman–Crippen LogP) is 4.32. The van der Waals surface area contributed by atoms with Gasteiger partial charge in [-0.2, -0.15) is 0 Å². The maximum absolute atomic E-state index is 12.3. The molecule has 0 saturated carbocycles. The zero-order chi connectivity index (χ0) is 18.9. The molecule has 0 spiro atoms. The van der Waals surface area contributed by atoms with Crippen molar-refractivity contribution >= 4 is 28.3 Å². The fourth-order valence-corrected chi connectivity index (χ4v) is 3.18. The summed E-state index contributed by atoms with van der Waals surface area (Å²) in [6.07, 6.45) is 2.01. The second-order valence-corrected chi connectivity index (χ2v) is 6.49. The number of carbonyl (C=O) groups is 1. The molecule has 3 aromatic heterocycles. The number of nitrogens with one attached hydrogen (secondary N) is 1. The van der Waals surface area contributed by atoms with Gasteiger partial charge in [-0.3, -0.25) is 4.79 Å². The summed E-state index contributed by atoms with van der Waals surface area (Å²) >= 11 is 0. The third-order valence-electron chi connectivity index (χ3n) is 4.52. The molecule has 0 aliphatic carbocycles. The highest BCUT2D eigenvalue weighted by Gasteiger charge is 2.13. The van der Waals surface area contributed by atoms with Crippen LogP contribution in [0.5, 0.6) is 0 Å². The fraction of sp³-hybridized carbons (Fsp3) is 0.0455. The van der Waals surface area contributed by atoms with Gasteiger partial charge in [0, 0.05) is 5.39 Å². The van der Waals surface area contributed by atoms with Crippen LogP contribution in [0.15, 0.2) is 83.4 Å². The van der Waals surface area contributed by atoms with Gasteiger partial charge in [-0.15, -0.1) is 5.10 Å². The Kier molecular flexibility index (Phi) is 3.87. The van der Waals surface area contributed by atoms with Crippen molar-refractivity contribution in [1.29, 1.82) is 0 Å². The number of furan rings is 1. The maximum atomic E-state index is 12.3. The van der Waals surface area contributed by atoms with Crippen LogP contribution in [0.3, 0.4) is 0 Å². The van der Waals surface area contributed by atoms with Gasteiger partial charge >= 0.3 is 0 Å². The van der Waals surface area contributed by atoms with E-state index in [0.717, 1.165) is 22.2 Å². The van der Waals surface area contributed by atoms with E-state index in [1.165, 1.54) is 0 Å². The van der Waals surface area contributed by atoms with Crippen LogP contribution in [-0.2, 0) is 11.2 Å². The summed E-state index contributed by atoms with van der Waals surface area (Å²) < 4.78 is 7.61. The number of anilines is 1. The topological polar surface area (TPSA) is 72.4 Å². The summed E-state index contributed by atoms with van der Waals surface area (Å²) in [7, 11) is 0. The molecule has 0 aliphatic heterocycles. The smallest absolute Gasteiger partial charge is 0.229 e. The quantitative estimate of drug-likeness (QED) is 0.513. The second-order valence-electron chi connectivity index (χ2n) is 6.49. The molecule has 1 N–H and O–H groups in total. The molecule has 3 heterocycles. The lowest BCUT2D eigenvalue weighted by molar-refractivity contribution is -0.115. The molecule has 0 saturated heterocycles. The first kappa shape index (κ1) is 16.3. The first-order chi connectivity index (χ1) is 13.8. The van der Waals surface area contributed by atoms with E-state index in [1.807, 2.05) is 66.7 Å². The number of imidazole rings is 1. The highest BCUT2D eigenvalue weighted by molar-refractivity contribution is 5.91. The Morgan fingerprint density at radius 3 is 2.68 bits per heavy atom. The highest BCUT2D eigenvalue weighted by Crippen LogP contribution is 2.28. The van der Waals surface area contributed by atoms with Crippen LogP contribution in [0.2, 0.25) is 0 Å². The summed E-state index contributed by atoms with van der Waals surface area (Å²) in [4.78, 5) is 16.7. The summed E-state index contributed by atoms with van der Waals surface area (Å²) in [5, 5.41) is 8.39. The summed E-state index contributed by atoms with van der Waals surface area (Å²) in [6.45, 7) is 0. The van der Waals surface area contributed by atoms with Crippen molar-refractivity contribution in [2.24, 2.45) is 0 Å². The highest BCUT2D eigenvalue weighted by atomic mass is 16.3. The van der Waals surface area contributed by atoms with Gasteiger partial charge in [0.1, 0.15) is 11.3 Å². The molecule has 6 nitrogen and oxygen atoms in total. The third kappa shape index (κ3) is 3.01. The fourth-order valence-electron chi connectivity index (χ4n) is 3.18. The molecule has 5 aromatic rings. The molecule has 2 aromatic carbocycles. The van der Waals surface area contributed by atoms with Crippen LogP contribution >= 0.6 is 0 Å². The van der Waals surface area contributed by atoms with Crippen LogP contribution < -0.4 is 5.32 Å². The largest absolute Gasteiger partial charge is 0.454 e. The van der Waals surface area contributed by atoms with Crippen molar-refractivity contribution in [1.82, 2.24) is 14.6 Å². The molecular formula is C22H16N4O2. The van der Waals surface area contributed by atoms with E-state index in [4.69, 9.17) is 4.42 Å². The van der Waals surface area contributed by atoms with E-state index < -0.39 is 0 Å². The molecule has 136 valence electrons. The van der Waals surface area contributed by atoms with Crippen molar-refractivity contribution < 1.29 is 9.21 Å². The van der Waals surface area contributed by atoms with Crippen LogP contribution in [0.4, 0.5) is 5.82 Å². The Balaban J connectivity index is 1.45. The number of para-hydroxylation sites is 1. The minimum absolute atomic E-state index is 0.122. The van der Waals surface area contributed by atoms with Crippen molar-refractivity contribution in [2.75, 3.05) is 5.32 Å². The van der Waals surface area contributed by atoms with Crippen molar-refractivity contribution in [2.45, 2.75) is 6.42 Å². The molecular weight excluding hydrogens is 352 g/mol. The Morgan fingerprint density at radius 1 is 1.00 bits per heavy atom. The van der Waals surface area contributed by atoms with E-state index >= 15 is 0 Å². The lowest BCUT2D eigenvalue weighted by Crippen LogP contribution is -2.16. The Labute approximate surface area is 160 Å². The first-order valence-corrected chi connectivity index (χ1v) is 8.94. The molecule has 1 amide bonds. The second kappa shape index (κ2) is 6.66. The van der Waals surface area contributed by atoms with E-state index in [1.54, 1.807) is 16.8 Å². The van der Waals surface area contributed by atoms with E-state index in [9.17, 15) is 4.79 Å². The number of benzene rings is 2. The van der Waals surface area contributed by atoms with E-state index in [-0.39, 0.29) is 5.91 Å². The van der Waals surface area contributed by atoms with Crippen molar-refractivity contribution in [3.8, 4) is 11.5 Å². The molecule has 0 bridgehead atoms. The predicted molar refractivity (Wildman–Crippen MR) is 107 cm³/mol. The standard InChI is InChI=1S/C22H16N4O2/c27-22(12-15-6-2-1-3-7-15)24-20-10-11-21-23-14-17(26(21)25-20)19-13-16-8-4-5-9-18(16)28-19/h1-11,13-14H,12H2,(H,24,25,27). The molecule has 0 aliphatic rings. The maximum Gasteiger partial charge on any atom is 0.229 e. The van der Waals surface area contributed by atoms with Gasteiger partial charge in [-0.1, -0.05) is 48.5 Å². The lowest BCUT2D eigenvalue weighted by Gasteiger charge is -2.06. The van der Waals surface area contributed by atoms with Gasteiger partial charge < -0.3 is 9.73 Å². The van der Waals surface area contributed by atoms with Crippen molar-refractivity contribution in [3.63, 3.8) is 0 Å². The van der Waals surface area contributed by atoms with Crippen LogP contribution in [0.25, 0.3) is 28.1 Å². The number of hydrogen-bond donors (Lipinski definition) is 1. The number of nitrogens with zero attached hydrogens (tertiary/aromatic N) is 3. The van der Waals surface area contributed by atoms with Gasteiger partial charge in [0.15, 0.2) is 17.2 Å². The number of amides is 1. The third-order valence-corrected chi connectivity index (χ3v) is 4.52. The number of rotatable bonds is 4. The SMILES string of the molecule is O=C(Cc1ccccc1)Nc1ccc2ncc(-c3cc4ccccc4o3)n2n1. The van der Waals surface area contributed by atoms with E-state index in [2.05, 4.69) is 15.4 Å². The average Bonchev–Trinajstić information content (AvgIpc) is 3.32. The summed E-state index contributed by atoms with van der Waals surface area (Å²) in [5.74, 6) is 1.02. The van der Waals surface area contributed by atoms with Gasteiger partial charge in [0.25, 0.3) is 0 Å². The zero-order valence-electron chi connectivity index (χ0n) is 14.9. The Hall–Kier alpha value is -3.93. The van der Waals surface area contributed by atoms with E-state index in [0.29, 0.717) is 23.6 Å². The summed E-state index contributed by atoms with van der Waals surface area (Å²) in [5.41, 5.74) is 3.16. The number of aromatic nitrogens is 3. The summed E-state index contributed by atoms with van der Waals surface area (Å²) in [6, 6.07) is 22.9. The molecule has 5 rings (SSSR count). The minimum atomic E-state index is -0.122. The Bertz CT molecular complexity index is 1250. The monoisotopic (exact) mass is 368 g/mol.